The van der Waals surface area contributed by atoms with E-state index in [1.165, 1.54) is 11.8 Å². The van der Waals surface area contributed by atoms with E-state index in [4.69, 9.17) is 4.74 Å². The van der Waals surface area contributed by atoms with E-state index in [0.717, 1.165) is 5.56 Å². The summed E-state index contributed by atoms with van der Waals surface area (Å²) in [6.07, 6.45) is 0.662. The van der Waals surface area contributed by atoms with Crippen LogP contribution in [0.25, 0.3) is 0 Å². The molecule has 0 aromatic heterocycles. The van der Waals surface area contributed by atoms with Gasteiger partial charge in [0.25, 0.3) is 0 Å². The van der Waals surface area contributed by atoms with Crippen molar-refractivity contribution >= 4 is 23.9 Å². The lowest BCUT2D eigenvalue weighted by atomic mass is 10.1. The number of carboxylic acid groups (broad SMARTS) is 1. The fraction of sp³-hybridized carbons (Fsp3) is 0.545. The van der Waals surface area contributed by atoms with Crippen molar-refractivity contribution in [1.82, 2.24) is 15.5 Å². The van der Waals surface area contributed by atoms with Crippen LogP contribution in [0.5, 0.6) is 0 Å². The molecule has 3 amide bonds. The highest BCUT2D eigenvalue weighted by atomic mass is 16.6. The molecule has 1 aromatic rings. The zero-order valence-electron chi connectivity index (χ0n) is 18.4. The minimum absolute atomic E-state index is 0.123. The Morgan fingerprint density at radius 3 is 2.39 bits per heavy atom. The van der Waals surface area contributed by atoms with Crippen molar-refractivity contribution < 1.29 is 29.0 Å². The number of amides is 3. The maximum absolute atomic E-state index is 12.7. The number of nitrogens with one attached hydrogen (secondary N) is 2. The van der Waals surface area contributed by atoms with Gasteiger partial charge in [0.15, 0.2) is 0 Å². The van der Waals surface area contributed by atoms with E-state index in [1.807, 2.05) is 6.07 Å². The number of ether oxygens (including phenoxy) is 1. The number of nitrogens with zero attached hydrogens (tertiary/aromatic N) is 1. The Bertz CT molecular complexity index is 805. The van der Waals surface area contributed by atoms with Gasteiger partial charge in [-0.1, -0.05) is 30.3 Å². The summed E-state index contributed by atoms with van der Waals surface area (Å²) in [7, 11) is 0. The number of carboxylic acids is 1. The van der Waals surface area contributed by atoms with Crippen molar-refractivity contribution in [3.05, 3.63) is 35.9 Å². The van der Waals surface area contributed by atoms with Gasteiger partial charge in [-0.2, -0.15) is 0 Å². The van der Waals surface area contributed by atoms with E-state index in [0.29, 0.717) is 19.4 Å². The van der Waals surface area contributed by atoms with Gasteiger partial charge in [0.1, 0.15) is 23.7 Å². The Kier molecular flexibility index (Phi) is 8.01. The summed E-state index contributed by atoms with van der Waals surface area (Å²) in [6, 6.07) is 6.12. The number of rotatable bonds is 7. The molecule has 1 saturated heterocycles. The molecule has 0 aliphatic carbocycles. The van der Waals surface area contributed by atoms with Crippen LogP contribution in [0.15, 0.2) is 30.3 Å². The van der Waals surface area contributed by atoms with Gasteiger partial charge in [0, 0.05) is 13.0 Å². The standard InChI is InChI=1S/C22H31N3O6/c1-14(18(26)24-16(20(28)29)13-15-9-6-5-7-10-15)23-19(27)17-11-8-12-25(17)21(30)31-22(2,3)4/h5-7,9-10,14,16-17H,8,11-13H2,1-4H3,(H,23,27)(H,24,26)(H,28,29)/t14-,16-,17-/m0/s1. The smallest absolute Gasteiger partial charge is 0.410 e. The summed E-state index contributed by atoms with van der Waals surface area (Å²) in [5.74, 6) is -2.25. The molecule has 0 saturated carbocycles. The number of carbonyl (C=O) groups is 4. The third kappa shape index (κ3) is 7.27. The van der Waals surface area contributed by atoms with Crippen LogP contribution in [0.3, 0.4) is 0 Å². The van der Waals surface area contributed by atoms with Crippen LogP contribution < -0.4 is 10.6 Å². The third-order valence-corrected chi connectivity index (χ3v) is 4.83. The Hall–Kier alpha value is -3.10. The molecule has 1 aromatic carbocycles. The molecule has 170 valence electrons. The number of likely N-dealkylation sites (tertiary alicyclic amines) is 1. The predicted octanol–water partition coefficient (Wildman–Crippen LogP) is 1.70. The van der Waals surface area contributed by atoms with E-state index in [1.54, 1.807) is 45.0 Å². The maximum Gasteiger partial charge on any atom is 0.410 e. The lowest BCUT2D eigenvalue weighted by Gasteiger charge is -2.28. The Labute approximate surface area is 182 Å². The molecule has 0 spiro atoms. The first-order valence-corrected chi connectivity index (χ1v) is 10.3. The summed E-state index contributed by atoms with van der Waals surface area (Å²) in [5, 5.41) is 14.5. The first-order valence-electron chi connectivity index (χ1n) is 10.3. The average Bonchev–Trinajstić information content (AvgIpc) is 3.17. The Balaban J connectivity index is 1.95. The molecule has 0 unspecified atom stereocenters. The summed E-state index contributed by atoms with van der Waals surface area (Å²) in [6.45, 7) is 7.11. The third-order valence-electron chi connectivity index (χ3n) is 4.83. The molecule has 3 N–H and O–H groups in total. The van der Waals surface area contributed by atoms with Crippen molar-refractivity contribution in [3.63, 3.8) is 0 Å². The lowest BCUT2D eigenvalue weighted by Crippen LogP contribution is -2.54. The van der Waals surface area contributed by atoms with Crippen molar-refractivity contribution in [2.75, 3.05) is 6.54 Å². The molecule has 3 atom stereocenters. The Morgan fingerprint density at radius 1 is 1.16 bits per heavy atom. The molecule has 2 rings (SSSR count). The van der Waals surface area contributed by atoms with Gasteiger partial charge in [0.2, 0.25) is 11.8 Å². The van der Waals surface area contributed by atoms with E-state index in [-0.39, 0.29) is 6.42 Å². The number of hydrogen-bond acceptors (Lipinski definition) is 5. The number of carbonyl (C=O) groups excluding carboxylic acids is 3. The molecule has 1 heterocycles. The van der Waals surface area contributed by atoms with Crippen LogP contribution in [0.1, 0.15) is 46.1 Å². The van der Waals surface area contributed by atoms with E-state index in [2.05, 4.69) is 10.6 Å². The van der Waals surface area contributed by atoms with Crippen molar-refractivity contribution in [2.45, 2.75) is 70.7 Å². The first-order chi connectivity index (χ1) is 14.5. The zero-order valence-corrected chi connectivity index (χ0v) is 18.4. The van der Waals surface area contributed by atoms with Crippen LogP contribution in [0.2, 0.25) is 0 Å². The van der Waals surface area contributed by atoms with Gasteiger partial charge >= 0.3 is 12.1 Å². The lowest BCUT2D eigenvalue weighted by molar-refractivity contribution is -0.142. The Morgan fingerprint density at radius 2 is 1.81 bits per heavy atom. The highest BCUT2D eigenvalue weighted by Crippen LogP contribution is 2.21. The maximum atomic E-state index is 12.7. The SMILES string of the molecule is C[C@H](NC(=O)[C@@H]1CCCN1C(=O)OC(C)(C)C)C(=O)N[C@@H](Cc1ccccc1)C(=O)O. The van der Waals surface area contributed by atoms with Gasteiger partial charge in [-0.15, -0.1) is 0 Å². The number of aliphatic carboxylic acids is 1. The molecule has 9 heteroatoms. The van der Waals surface area contributed by atoms with Gasteiger partial charge in [-0.3, -0.25) is 14.5 Å². The highest BCUT2D eigenvalue weighted by Gasteiger charge is 2.37. The largest absolute Gasteiger partial charge is 0.480 e. The fourth-order valence-corrected chi connectivity index (χ4v) is 3.30. The average molecular weight is 434 g/mol. The second kappa shape index (κ2) is 10.3. The fourth-order valence-electron chi connectivity index (χ4n) is 3.30. The van der Waals surface area contributed by atoms with E-state index < -0.39 is 47.6 Å². The molecule has 9 nitrogen and oxygen atoms in total. The minimum Gasteiger partial charge on any atom is -0.480 e. The predicted molar refractivity (Wildman–Crippen MR) is 113 cm³/mol. The van der Waals surface area contributed by atoms with Crippen LogP contribution in [0, 0.1) is 0 Å². The summed E-state index contributed by atoms with van der Waals surface area (Å²) in [5.41, 5.74) is 0.0872. The first kappa shape index (κ1) is 24.2. The van der Waals surface area contributed by atoms with Crippen LogP contribution in [-0.2, 0) is 25.5 Å². The summed E-state index contributed by atoms with van der Waals surface area (Å²) >= 11 is 0. The monoisotopic (exact) mass is 433 g/mol. The molecule has 0 radical (unpaired) electrons. The topological polar surface area (TPSA) is 125 Å². The van der Waals surface area contributed by atoms with Crippen LogP contribution >= 0.6 is 0 Å². The molecular weight excluding hydrogens is 402 g/mol. The van der Waals surface area contributed by atoms with Crippen molar-refractivity contribution in [1.29, 1.82) is 0 Å². The zero-order chi connectivity index (χ0) is 23.2. The quantitative estimate of drug-likeness (QED) is 0.601. The van der Waals surface area contributed by atoms with E-state index >= 15 is 0 Å². The van der Waals surface area contributed by atoms with Crippen LogP contribution in [-0.4, -0.2) is 64.2 Å². The number of benzene rings is 1. The molecular formula is C22H31N3O6. The number of hydrogen-bond donors (Lipinski definition) is 3. The highest BCUT2D eigenvalue weighted by molar-refractivity contribution is 5.92. The van der Waals surface area contributed by atoms with Gasteiger partial charge in [-0.25, -0.2) is 9.59 Å². The molecule has 31 heavy (non-hydrogen) atoms. The molecule has 0 bridgehead atoms. The second-order valence-electron chi connectivity index (χ2n) is 8.65. The van der Waals surface area contributed by atoms with Crippen molar-refractivity contribution in [3.8, 4) is 0 Å². The summed E-state index contributed by atoms with van der Waals surface area (Å²) in [4.78, 5) is 50.5. The van der Waals surface area contributed by atoms with E-state index in [9.17, 15) is 24.3 Å². The van der Waals surface area contributed by atoms with Gasteiger partial charge < -0.3 is 20.5 Å². The normalized spacial score (nSPS) is 18.1. The van der Waals surface area contributed by atoms with Crippen molar-refractivity contribution in [2.24, 2.45) is 0 Å². The minimum atomic E-state index is -1.16. The molecule has 1 aliphatic heterocycles. The summed E-state index contributed by atoms with van der Waals surface area (Å²) < 4.78 is 5.35. The molecule has 1 aliphatic rings. The van der Waals surface area contributed by atoms with Gasteiger partial charge in [0.05, 0.1) is 0 Å². The second-order valence-corrected chi connectivity index (χ2v) is 8.65. The van der Waals surface area contributed by atoms with Crippen LogP contribution in [0.4, 0.5) is 4.79 Å². The van der Waals surface area contributed by atoms with Gasteiger partial charge in [-0.05, 0) is 46.1 Å². The molecule has 1 fully saturated rings.